The molecule has 3 rings (SSSR count). The molecule has 0 saturated heterocycles. The topological polar surface area (TPSA) is 34.1 Å². The van der Waals surface area contributed by atoms with Crippen molar-refractivity contribution < 1.29 is 9.36 Å². The van der Waals surface area contributed by atoms with Gasteiger partial charge >= 0.3 is 0 Å². The first kappa shape index (κ1) is 17.9. The fourth-order valence-corrected chi connectivity index (χ4v) is 5.38. The van der Waals surface area contributed by atoms with E-state index >= 15 is 0 Å². The van der Waals surface area contributed by atoms with Crippen LogP contribution < -0.4 is 10.6 Å². The average molecular weight is 389 g/mol. The van der Waals surface area contributed by atoms with E-state index in [1.54, 1.807) is 72.8 Å². The fourth-order valence-electron chi connectivity index (χ4n) is 2.61. The molecular weight excluding hydrogens is 374 g/mol. The van der Waals surface area contributed by atoms with Gasteiger partial charge in [-0.15, -0.1) is 0 Å². The highest BCUT2D eigenvalue weighted by Crippen LogP contribution is 2.44. The summed E-state index contributed by atoms with van der Waals surface area (Å²) in [6.07, 6.45) is -0.0831. The van der Waals surface area contributed by atoms with Gasteiger partial charge in [-0.2, -0.15) is 0 Å². The summed E-state index contributed by atoms with van der Waals surface area (Å²) >= 11 is 11.9. The number of Topliss-reactive ketones (excluding diaryl/α,β-unsaturated/α-hetero) is 1. The third-order valence-corrected chi connectivity index (χ3v) is 7.45. The van der Waals surface area contributed by atoms with Crippen LogP contribution in [0.25, 0.3) is 0 Å². The third kappa shape index (κ3) is 4.04. The average Bonchev–Trinajstić information content (AvgIpc) is 2.63. The van der Waals surface area contributed by atoms with Crippen molar-refractivity contribution in [2.45, 2.75) is 0 Å². The summed E-state index contributed by atoms with van der Waals surface area (Å²) in [5, 5.41) is 2.31. The molecule has 0 aliphatic carbocycles. The lowest BCUT2D eigenvalue weighted by molar-refractivity contribution is 0.102. The summed E-state index contributed by atoms with van der Waals surface area (Å²) in [6, 6.07) is 22.5. The smallest absolute Gasteiger partial charge is 0.170 e. The number of rotatable bonds is 5. The number of hydrogen-bond donors (Lipinski definition) is 0. The van der Waals surface area contributed by atoms with E-state index < -0.39 is 7.14 Å². The van der Waals surface area contributed by atoms with Crippen LogP contribution in [0.15, 0.2) is 78.9 Å². The lowest BCUT2D eigenvalue weighted by Gasteiger charge is -2.19. The quantitative estimate of drug-likeness (QED) is 0.445. The van der Waals surface area contributed by atoms with Crippen LogP contribution in [0.2, 0.25) is 10.0 Å². The molecule has 0 atom stereocenters. The summed E-state index contributed by atoms with van der Waals surface area (Å²) < 4.78 is 13.9. The van der Waals surface area contributed by atoms with Crippen molar-refractivity contribution in [3.63, 3.8) is 0 Å². The molecule has 0 saturated carbocycles. The number of carbonyl (C=O) groups excluding carboxylic acids is 1. The maximum absolute atomic E-state index is 13.9. The van der Waals surface area contributed by atoms with Gasteiger partial charge < -0.3 is 4.57 Å². The summed E-state index contributed by atoms with van der Waals surface area (Å²) in [5.41, 5.74) is 0.547. The Kier molecular flexibility index (Phi) is 5.44. The molecule has 0 heterocycles. The van der Waals surface area contributed by atoms with E-state index in [1.165, 1.54) is 0 Å². The number of hydrogen-bond acceptors (Lipinski definition) is 2. The zero-order valence-electron chi connectivity index (χ0n) is 13.2. The Bertz CT molecular complexity index is 871. The number of halogens is 2. The molecule has 0 fully saturated rings. The van der Waals surface area contributed by atoms with E-state index in [2.05, 4.69) is 0 Å². The van der Waals surface area contributed by atoms with Crippen LogP contribution in [0.5, 0.6) is 0 Å². The molecule has 0 unspecified atom stereocenters. The van der Waals surface area contributed by atoms with Gasteiger partial charge in [-0.05, 0) is 48.5 Å². The maximum atomic E-state index is 13.9. The minimum atomic E-state index is -3.15. The van der Waals surface area contributed by atoms with Crippen LogP contribution in [0, 0.1) is 0 Å². The normalized spacial score (nSPS) is 11.3. The molecule has 0 radical (unpaired) electrons. The SMILES string of the molecule is O=C(CP(=O)(c1ccc(Cl)cc1)c1ccc(Cl)cc1)c1ccccc1. The van der Waals surface area contributed by atoms with E-state index in [0.717, 1.165) is 0 Å². The molecule has 0 spiro atoms. The van der Waals surface area contributed by atoms with E-state index in [1.807, 2.05) is 6.07 Å². The highest BCUT2D eigenvalue weighted by Gasteiger charge is 2.30. The Morgan fingerprint density at radius 1 is 0.720 bits per heavy atom. The Hall–Kier alpha value is -1.86. The van der Waals surface area contributed by atoms with Crippen LogP contribution in [-0.2, 0) is 4.57 Å². The van der Waals surface area contributed by atoms with E-state index in [-0.39, 0.29) is 11.9 Å². The number of carbonyl (C=O) groups is 1. The lowest BCUT2D eigenvalue weighted by atomic mass is 10.2. The predicted octanol–water partition coefficient (Wildman–Crippen LogP) is 5.19. The van der Waals surface area contributed by atoms with Crippen LogP contribution in [0.1, 0.15) is 10.4 Å². The van der Waals surface area contributed by atoms with Gasteiger partial charge in [0.1, 0.15) is 0 Å². The Morgan fingerprint density at radius 3 is 1.60 bits per heavy atom. The summed E-state index contributed by atoms with van der Waals surface area (Å²) in [7, 11) is -3.15. The minimum Gasteiger partial charge on any atom is -0.313 e. The Balaban J connectivity index is 2.05. The third-order valence-electron chi connectivity index (χ3n) is 3.95. The van der Waals surface area contributed by atoms with Crippen molar-refractivity contribution in [1.29, 1.82) is 0 Å². The van der Waals surface area contributed by atoms with E-state index in [4.69, 9.17) is 23.2 Å². The molecule has 5 heteroatoms. The molecule has 0 N–H and O–H groups in total. The van der Waals surface area contributed by atoms with E-state index in [0.29, 0.717) is 26.2 Å². The largest absolute Gasteiger partial charge is 0.313 e. The second-order valence-corrected chi connectivity index (χ2v) is 9.34. The van der Waals surface area contributed by atoms with Crippen LogP contribution in [0.4, 0.5) is 0 Å². The first-order valence-corrected chi connectivity index (χ1v) is 10.3. The van der Waals surface area contributed by atoms with Crippen molar-refractivity contribution in [2.75, 3.05) is 6.16 Å². The standard InChI is InChI=1S/C20H15Cl2O2P/c21-16-6-10-18(11-7-16)25(24,19-12-8-17(22)9-13-19)14-20(23)15-4-2-1-3-5-15/h1-13H,14H2. The van der Waals surface area contributed by atoms with Gasteiger partial charge in [0.2, 0.25) is 0 Å². The molecule has 3 aromatic rings. The van der Waals surface area contributed by atoms with Gasteiger partial charge in [0.05, 0.1) is 6.16 Å². The number of benzene rings is 3. The van der Waals surface area contributed by atoms with Crippen molar-refractivity contribution in [3.05, 3.63) is 94.5 Å². The Labute approximate surface area is 156 Å². The summed E-state index contributed by atoms with van der Waals surface area (Å²) in [6.45, 7) is 0. The first-order chi connectivity index (χ1) is 12.0. The van der Waals surface area contributed by atoms with E-state index in [9.17, 15) is 9.36 Å². The maximum Gasteiger partial charge on any atom is 0.170 e. The van der Waals surface area contributed by atoms with Gasteiger partial charge in [-0.1, -0.05) is 53.5 Å². The molecule has 126 valence electrons. The molecule has 0 bridgehead atoms. The zero-order valence-corrected chi connectivity index (χ0v) is 15.6. The van der Waals surface area contributed by atoms with Crippen molar-refractivity contribution in [2.24, 2.45) is 0 Å². The monoisotopic (exact) mass is 388 g/mol. The molecule has 0 aliphatic rings. The van der Waals surface area contributed by atoms with Gasteiger partial charge in [-0.3, -0.25) is 4.79 Å². The molecule has 3 aromatic carbocycles. The molecule has 0 aromatic heterocycles. The van der Waals surface area contributed by atoms with Crippen molar-refractivity contribution >= 4 is 46.7 Å². The van der Waals surface area contributed by atoms with Gasteiger partial charge in [0.25, 0.3) is 0 Å². The fraction of sp³-hybridized carbons (Fsp3) is 0.0500. The summed E-state index contributed by atoms with van der Waals surface area (Å²) in [4.78, 5) is 12.7. The van der Waals surface area contributed by atoms with Gasteiger partial charge in [0, 0.05) is 26.2 Å². The molecule has 0 amide bonds. The second-order valence-electron chi connectivity index (χ2n) is 5.64. The number of ketones is 1. The minimum absolute atomic E-state index is 0.0831. The summed E-state index contributed by atoms with van der Waals surface area (Å²) in [5.74, 6) is -0.158. The lowest BCUT2D eigenvalue weighted by Crippen LogP contribution is -2.22. The van der Waals surface area contributed by atoms with Crippen molar-refractivity contribution in [1.82, 2.24) is 0 Å². The second kappa shape index (κ2) is 7.58. The van der Waals surface area contributed by atoms with Crippen LogP contribution in [0.3, 0.4) is 0 Å². The Morgan fingerprint density at radius 2 is 1.16 bits per heavy atom. The van der Waals surface area contributed by atoms with Crippen molar-refractivity contribution in [3.8, 4) is 0 Å². The van der Waals surface area contributed by atoms with Crippen LogP contribution in [-0.4, -0.2) is 11.9 Å². The zero-order chi connectivity index (χ0) is 17.9. The highest BCUT2D eigenvalue weighted by molar-refractivity contribution is 7.79. The molecular formula is C20H15Cl2O2P. The highest BCUT2D eigenvalue weighted by atomic mass is 35.5. The molecule has 25 heavy (non-hydrogen) atoms. The van der Waals surface area contributed by atoms with Gasteiger partial charge in [-0.25, -0.2) is 0 Å². The molecule has 2 nitrogen and oxygen atoms in total. The molecule has 0 aliphatic heterocycles. The first-order valence-electron chi connectivity index (χ1n) is 7.69. The predicted molar refractivity (Wildman–Crippen MR) is 105 cm³/mol. The van der Waals surface area contributed by atoms with Crippen LogP contribution >= 0.6 is 30.3 Å². The van der Waals surface area contributed by atoms with Gasteiger partial charge in [0.15, 0.2) is 12.9 Å².